The van der Waals surface area contributed by atoms with Gasteiger partial charge in [0.05, 0.1) is 11.0 Å². The number of nitro benzene ring substituents is 1. The molecule has 17 heavy (non-hydrogen) atoms. The van der Waals surface area contributed by atoms with Gasteiger partial charge in [0, 0.05) is 12.6 Å². The Morgan fingerprint density at radius 3 is 2.82 bits per heavy atom. The van der Waals surface area contributed by atoms with Crippen LogP contribution < -0.4 is 10.1 Å². The maximum absolute atomic E-state index is 13.3. The highest BCUT2D eigenvalue weighted by Crippen LogP contribution is 2.22. The van der Waals surface area contributed by atoms with Gasteiger partial charge in [-0.05, 0) is 19.0 Å². The molecule has 0 aliphatic carbocycles. The van der Waals surface area contributed by atoms with Crippen molar-refractivity contribution in [2.45, 2.75) is 13.3 Å². The first-order valence-electron chi connectivity index (χ1n) is 5.42. The Morgan fingerprint density at radius 2 is 2.24 bits per heavy atom. The second-order valence-electron chi connectivity index (χ2n) is 3.47. The summed E-state index contributed by atoms with van der Waals surface area (Å²) in [5.74, 6) is -0.677. The van der Waals surface area contributed by atoms with Crippen LogP contribution in [0.2, 0.25) is 0 Å². The van der Waals surface area contributed by atoms with Gasteiger partial charge in [-0.1, -0.05) is 6.92 Å². The largest absolute Gasteiger partial charge is 0.489 e. The number of non-ortho nitro benzene ring substituents is 1. The van der Waals surface area contributed by atoms with E-state index >= 15 is 0 Å². The van der Waals surface area contributed by atoms with E-state index in [1.54, 1.807) is 0 Å². The van der Waals surface area contributed by atoms with E-state index in [1.165, 1.54) is 12.1 Å². The van der Waals surface area contributed by atoms with Crippen molar-refractivity contribution in [3.63, 3.8) is 0 Å². The van der Waals surface area contributed by atoms with Crippen molar-refractivity contribution in [2.75, 3.05) is 19.7 Å². The van der Waals surface area contributed by atoms with Crippen LogP contribution >= 0.6 is 0 Å². The van der Waals surface area contributed by atoms with Crippen LogP contribution in [0.4, 0.5) is 10.1 Å². The second kappa shape index (κ2) is 6.80. The minimum absolute atomic E-state index is 0.0360. The molecular formula is C11H15FN2O3. The summed E-state index contributed by atoms with van der Waals surface area (Å²) < 4.78 is 18.5. The molecular weight excluding hydrogens is 227 g/mol. The molecule has 0 unspecified atom stereocenters. The standard InChI is InChI=1S/C11H15FN2O3/c1-2-5-13-6-7-17-11-4-3-9(14(15)16)8-10(11)12/h3-4,8,13H,2,5-7H2,1H3. The zero-order valence-corrected chi connectivity index (χ0v) is 9.61. The van der Waals surface area contributed by atoms with Crippen LogP contribution in [0.25, 0.3) is 0 Å². The third-order valence-corrected chi connectivity index (χ3v) is 2.09. The number of hydrogen-bond acceptors (Lipinski definition) is 4. The van der Waals surface area contributed by atoms with Crippen LogP contribution in [0.1, 0.15) is 13.3 Å². The number of halogens is 1. The summed E-state index contributed by atoms with van der Waals surface area (Å²) in [4.78, 5) is 9.74. The monoisotopic (exact) mass is 242 g/mol. The molecule has 1 aromatic carbocycles. The molecule has 0 atom stereocenters. The fourth-order valence-corrected chi connectivity index (χ4v) is 1.26. The Morgan fingerprint density at radius 1 is 1.47 bits per heavy atom. The summed E-state index contributed by atoms with van der Waals surface area (Å²) in [6.45, 7) is 3.87. The summed E-state index contributed by atoms with van der Waals surface area (Å²) in [6.07, 6.45) is 1.02. The number of nitrogens with one attached hydrogen (secondary N) is 1. The maximum atomic E-state index is 13.3. The SMILES string of the molecule is CCCNCCOc1ccc([N+](=O)[O-])cc1F. The van der Waals surface area contributed by atoms with Crippen molar-refractivity contribution in [3.05, 3.63) is 34.1 Å². The quantitative estimate of drug-likeness (QED) is 0.452. The fourth-order valence-electron chi connectivity index (χ4n) is 1.26. The van der Waals surface area contributed by atoms with E-state index in [4.69, 9.17) is 4.74 Å². The Bertz CT molecular complexity index is 385. The molecule has 0 saturated carbocycles. The minimum Gasteiger partial charge on any atom is -0.489 e. The molecule has 1 N–H and O–H groups in total. The summed E-state index contributed by atoms with van der Waals surface area (Å²) in [6, 6.07) is 3.35. The molecule has 0 saturated heterocycles. The molecule has 0 bridgehead atoms. The van der Waals surface area contributed by atoms with Gasteiger partial charge < -0.3 is 10.1 Å². The Balaban J connectivity index is 2.46. The van der Waals surface area contributed by atoms with Crippen molar-refractivity contribution in [2.24, 2.45) is 0 Å². The van der Waals surface area contributed by atoms with E-state index in [9.17, 15) is 14.5 Å². The number of benzene rings is 1. The van der Waals surface area contributed by atoms with E-state index in [-0.39, 0.29) is 11.4 Å². The summed E-state index contributed by atoms with van der Waals surface area (Å²) in [5, 5.41) is 13.5. The zero-order valence-electron chi connectivity index (χ0n) is 9.61. The average molecular weight is 242 g/mol. The van der Waals surface area contributed by atoms with E-state index in [0.29, 0.717) is 13.2 Å². The van der Waals surface area contributed by atoms with Gasteiger partial charge in [0.15, 0.2) is 11.6 Å². The first-order valence-corrected chi connectivity index (χ1v) is 5.42. The summed E-state index contributed by atoms with van der Waals surface area (Å²) in [7, 11) is 0. The highest BCUT2D eigenvalue weighted by molar-refractivity contribution is 5.37. The molecule has 0 fully saturated rings. The topological polar surface area (TPSA) is 64.4 Å². The molecule has 0 spiro atoms. The van der Waals surface area contributed by atoms with Gasteiger partial charge in [0.25, 0.3) is 5.69 Å². The van der Waals surface area contributed by atoms with Gasteiger partial charge in [-0.25, -0.2) is 4.39 Å². The number of nitro groups is 1. The first kappa shape index (κ1) is 13.4. The van der Waals surface area contributed by atoms with Gasteiger partial charge in [0.2, 0.25) is 0 Å². The van der Waals surface area contributed by atoms with Crippen LogP contribution in [0.15, 0.2) is 18.2 Å². The third kappa shape index (κ3) is 4.36. The van der Waals surface area contributed by atoms with Gasteiger partial charge >= 0.3 is 0 Å². The van der Waals surface area contributed by atoms with E-state index in [0.717, 1.165) is 19.0 Å². The lowest BCUT2D eigenvalue weighted by Crippen LogP contribution is -2.21. The minimum atomic E-state index is -0.713. The normalized spacial score (nSPS) is 10.2. The Hall–Kier alpha value is -1.69. The molecule has 0 aliphatic rings. The Kier molecular flexibility index (Phi) is 5.35. The van der Waals surface area contributed by atoms with E-state index < -0.39 is 10.7 Å². The molecule has 0 amide bonds. The Labute approximate surface area is 98.7 Å². The van der Waals surface area contributed by atoms with Gasteiger partial charge in [0.1, 0.15) is 6.61 Å². The van der Waals surface area contributed by atoms with Crippen molar-refractivity contribution in [1.82, 2.24) is 5.32 Å². The van der Waals surface area contributed by atoms with Crippen molar-refractivity contribution < 1.29 is 14.1 Å². The predicted octanol–water partition coefficient (Wildman–Crippen LogP) is 2.11. The van der Waals surface area contributed by atoms with E-state index in [2.05, 4.69) is 5.32 Å². The number of ether oxygens (including phenoxy) is 1. The van der Waals surface area contributed by atoms with Crippen LogP contribution in [-0.4, -0.2) is 24.6 Å². The third-order valence-electron chi connectivity index (χ3n) is 2.09. The molecule has 0 aliphatic heterocycles. The van der Waals surface area contributed by atoms with Crippen LogP contribution in [0.3, 0.4) is 0 Å². The zero-order chi connectivity index (χ0) is 12.7. The summed E-state index contributed by atoms with van der Waals surface area (Å²) >= 11 is 0. The number of nitrogens with zero attached hydrogens (tertiary/aromatic N) is 1. The predicted molar refractivity (Wildman–Crippen MR) is 61.7 cm³/mol. The van der Waals surface area contributed by atoms with Crippen LogP contribution in [-0.2, 0) is 0 Å². The van der Waals surface area contributed by atoms with Crippen molar-refractivity contribution >= 4 is 5.69 Å². The van der Waals surface area contributed by atoms with Crippen molar-refractivity contribution in [1.29, 1.82) is 0 Å². The molecule has 0 aromatic heterocycles. The molecule has 1 rings (SSSR count). The van der Waals surface area contributed by atoms with Crippen molar-refractivity contribution in [3.8, 4) is 5.75 Å². The van der Waals surface area contributed by atoms with E-state index in [1.807, 2.05) is 6.92 Å². The molecule has 0 heterocycles. The average Bonchev–Trinajstić information content (AvgIpc) is 2.30. The number of rotatable bonds is 7. The highest BCUT2D eigenvalue weighted by atomic mass is 19.1. The lowest BCUT2D eigenvalue weighted by molar-refractivity contribution is -0.385. The smallest absolute Gasteiger partial charge is 0.272 e. The molecule has 5 nitrogen and oxygen atoms in total. The maximum Gasteiger partial charge on any atom is 0.272 e. The number of hydrogen-bond donors (Lipinski definition) is 1. The summed E-state index contributed by atoms with van der Waals surface area (Å²) in [5.41, 5.74) is -0.279. The van der Waals surface area contributed by atoms with Crippen LogP contribution in [0.5, 0.6) is 5.75 Å². The van der Waals surface area contributed by atoms with Gasteiger partial charge in [-0.15, -0.1) is 0 Å². The van der Waals surface area contributed by atoms with Gasteiger partial charge in [-0.3, -0.25) is 10.1 Å². The fraction of sp³-hybridized carbons (Fsp3) is 0.455. The van der Waals surface area contributed by atoms with Gasteiger partial charge in [-0.2, -0.15) is 0 Å². The van der Waals surface area contributed by atoms with Crippen LogP contribution in [0, 0.1) is 15.9 Å². The molecule has 1 aromatic rings. The molecule has 0 radical (unpaired) electrons. The lowest BCUT2D eigenvalue weighted by atomic mass is 10.3. The first-order chi connectivity index (χ1) is 8.15. The molecule has 94 valence electrons. The highest BCUT2D eigenvalue weighted by Gasteiger charge is 2.11. The molecule has 6 heteroatoms. The lowest BCUT2D eigenvalue weighted by Gasteiger charge is -2.07. The second-order valence-corrected chi connectivity index (χ2v) is 3.47.